The monoisotopic (exact) mass is 286 g/mol. The molecule has 0 fully saturated rings. The fraction of sp³-hybridized carbons (Fsp3) is 0.462. The first-order chi connectivity index (χ1) is 8.61. The SMILES string of the molecule is CC(C(=O)NC(C)(C)C)S(=O)c1ccc(F)cc1N. The van der Waals surface area contributed by atoms with Gasteiger partial charge in [-0.25, -0.2) is 4.39 Å². The van der Waals surface area contributed by atoms with E-state index in [0.29, 0.717) is 0 Å². The molecule has 2 unspecified atom stereocenters. The highest BCUT2D eigenvalue weighted by Crippen LogP contribution is 2.20. The third-order valence-corrected chi connectivity index (χ3v) is 4.04. The standard InChI is InChI=1S/C13H19FN2O2S/c1-8(12(17)16-13(2,3)4)19(18)11-6-5-9(14)7-10(11)15/h5-8H,15H2,1-4H3,(H,16,17). The molecule has 0 spiro atoms. The highest BCUT2D eigenvalue weighted by molar-refractivity contribution is 7.86. The molecule has 6 heteroatoms. The number of rotatable bonds is 3. The van der Waals surface area contributed by atoms with Crippen LogP contribution in [0.25, 0.3) is 0 Å². The summed E-state index contributed by atoms with van der Waals surface area (Å²) in [5.74, 6) is -0.820. The van der Waals surface area contributed by atoms with Crippen LogP contribution in [-0.2, 0) is 15.6 Å². The molecule has 0 aromatic heterocycles. The Morgan fingerprint density at radius 1 is 1.42 bits per heavy atom. The van der Waals surface area contributed by atoms with Crippen LogP contribution in [0.4, 0.5) is 10.1 Å². The molecular weight excluding hydrogens is 267 g/mol. The maximum atomic E-state index is 12.9. The molecule has 0 bridgehead atoms. The summed E-state index contributed by atoms with van der Waals surface area (Å²) in [6.07, 6.45) is 0. The lowest BCUT2D eigenvalue weighted by molar-refractivity contribution is -0.121. The van der Waals surface area contributed by atoms with Gasteiger partial charge in [-0.05, 0) is 45.9 Å². The molecule has 1 aromatic rings. The van der Waals surface area contributed by atoms with Crippen molar-refractivity contribution in [1.82, 2.24) is 5.32 Å². The fourth-order valence-corrected chi connectivity index (χ4v) is 2.59. The van der Waals surface area contributed by atoms with Gasteiger partial charge in [0.2, 0.25) is 5.91 Å². The molecule has 1 amide bonds. The molecule has 0 saturated carbocycles. The first kappa shape index (κ1) is 15.6. The number of benzene rings is 1. The van der Waals surface area contributed by atoms with Crippen molar-refractivity contribution in [2.45, 2.75) is 43.4 Å². The summed E-state index contributed by atoms with van der Waals surface area (Å²) < 4.78 is 25.2. The minimum atomic E-state index is -1.62. The third-order valence-electron chi connectivity index (χ3n) is 2.38. The molecule has 0 aliphatic rings. The smallest absolute Gasteiger partial charge is 0.236 e. The van der Waals surface area contributed by atoms with E-state index in [1.807, 2.05) is 20.8 Å². The Balaban J connectivity index is 2.91. The number of anilines is 1. The van der Waals surface area contributed by atoms with E-state index in [-0.39, 0.29) is 16.5 Å². The normalized spacial score (nSPS) is 14.8. The van der Waals surface area contributed by atoms with Gasteiger partial charge in [0, 0.05) is 5.54 Å². The summed E-state index contributed by atoms with van der Waals surface area (Å²) in [6, 6.07) is 3.63. The maximum Gasteiger partial charge on any atom is 0.236 e. The number of carbonyl (C=O) groups excluding carboxylic acids is 1. The zero-order valence-corrected chi connectivity index (χ0v) is 12.3. The van der Waals surface area contributed by atoms with Crippen molar-refractivity contribution >= 4 is 22.4 Å². The van der Waals surface area contributed by atoms with Crippen LogP contribution in [0.5, 0.6) is 0 Å². The molecule has 4 nitrogen and oxygen atoms in total. The largest absolute Gasteiger partial charge is 0.398 e. The van der Waals surface area contributed by atoms with Gasteiger partial charge in [0.25, 0.3) is 0 Å². The molecule has 1 aromatic carbocycles. The maximum absolute atomic E-state index is 12.9. The van der Waals surface area contributed by atoms with E-state index in [1.54, 1.807) is 6.92 Å². The summed E-state index contributed by atoms with van der Waals surface area (Å²) in [7, 11) is -1.62. The van der Waals surface area contributed by atoms with Crippen molar-refractivity contribution in [3.8, 4) is 0 Å². The van der Waals surface area contributed by atoms with Crippen molar-refractivity contribution in [2.24, 2.45) is 0 Å². The van der Waals surface area contributed by atoms with Crippen LogP contribution >= 0.6 is 0 Å². The van der Waals surface area contributed by atoms with Gasteiger partial charge in [-0.2, -0.15) is 0 Å². The van der Waals surface area contributed by atoms with Crippen LogP contribution in [0.1, 0.15) is 27.7 Å². The van der Waals surface area contributed by atoms with Crippen LogP contribution in [0, 0.1) is 5.82 Å². The lowest BCUT2D eigenvalue weighted by Gasteiger charge is -2.23. The molecule has 3 N–H and O–H groups in total. The van der Waals surface area contributed by atoms with Crippen molar-refractivity contribution in [3.05, 3.63) is 24.0 Å². The van der Waals surface area contributed by atoms with Gasteiger partial charge in [0.15, 0.2) is 0 Å². The van der Waals surface area contributed by atoms with Crippen molar-refractivity contribution in [3.63, 3.8) is 0 Å². The Hall–Kier alpha value is -1.43. The highest BCUT2D eigenvalue weighted by Gasteiger charge is 2.26. The quantitative estimate of drug-likeness (QED) is 0.833. The predicted molar refractivity (Wildman–Crippen MR) is 74.6 cm³/mol. The molecule has 2 atom stereocenters. The molecule has 106 valence electrons. The summed E-state index contributed by atoms with van der Waals surface area (Å²) in [5, 5.41) is 2.00. The van der Waals surface area contributed by atoms with E-state index in [4.69, 9.17) is 5.73 Å². The lowest BCUT2D eigenvalue weighted by atomic mass is 10.1. The number of nitrogens with two attached hydrogens (primary N) is 1. The molecule has 1 rings (SSSR count). The van der Waals surface area contributed by atoms with Crippen molar-refractivity contribution in [2.75, 3.05) is 5.73 Å². The topological polar surface area (TPSA) is 72.2 Å². The molecule has 0 radical (unpaired) electrons. The highest BCUT2D eigenvalue weighted by atomic mass is 32.2. The Morgan fingerprint density at radius 3 is 2.47 bits per heavy atom. The molecule has 0 aliphatic carbocycles. The van der Waals surface area contributed by atoms with Gasteiger partial charge in [-0.15, -0.1) is 0 Å². The summed E-state index contributed by atoms with van der Waals surface area (Å²) in [5.41, 5.74) is 5.32. The Labute approximate surface area is 115 Å². The number of hydrogen-bond donors (Lipinski definition) is 2. The lowest BCUT2D eigenvalue weighted by Crippen LogP contribution is -2.46. The molecular formula is C13H19FN2O2S. The molecule has 0 heterocycles. The second-order valence-corrected chi connectivity index (χ2v) is 7.10. The van der Waals surface area contributed by atoms with Gasteiger partial charge in [0.05, 0.1) is 21.4 Å². The van der Waals surface area contributed by atoms with E-state index in [0.717, 1.165) is 6.07 Å². The first-order valence-electron chi connectivity index (χ1n) is 5.89. The van der Waals surface area contributed by atoms with E-state index in [1.165, 1.54) is 12.1 Å². The number of hydrogen-bond acceptors (Lipinski definition) is 3. The molecule has 19 heavy (non-hydrogen) atoms. The average Bonchev–Trinajstić information content (AvgIpc) is 2.24. The molecule has 0 aliphatic heterocycles. The minimum absolute atomic E-state index is 0.0914. The zero-order chi connectivity index (χ0) is 14.8. The van der Waals surface area contributed by atoms with Gasteiger partial charge in [0.1, 0.15) is 11.1 Å². The number of amides is 1. The van der Waals surface area contributed by atoms with Crippen LogP contribution < -0.4 is 11.1 Å². The molecule has 0 saturated heterocycles. The second kappa shape index (κ2) is 5.69. The zero-order valence-electron chi connectivity index (χ0n) is 11.5. The Kier molecular flexibility index (Phi) is 4.68. The number of nitrogen functional groups attached to an aromatic ring is 1. The van der Waals surface area contributed by atoms with Crippen molar-refractivity contribution in [1.29, 1.82) is 0 Å². The first-order valence-corrected chi connectivity index (χ1v) is 7.11. The van der Waals surface area contributed by atoms with Gasteiger partial charge in [-0.1, -0.05) is 0 Å². The summed E-state index contributed by atoms with van der Waals surface area (Å²) in [4.78, 5) is 12.2. The summed E-state index contributed by atoms with van der Waals surface area (Å²) >= 11 is 0. The second-order valence-electron chi connectivity index (χ2n) is 5.36. The van der Waals surface area contributed by atoms with Crippen LogP contribution in [0.15, 0.2) is 23.1 Å². The number of nitrogens with one attached hydrogen (secondary N) is 1. The van der Waals surface area contributed by atoms with E-state index < -0.39 is 27.4 Å². The van der Waals surface area contributed by atoms with E-state index in [9.17, 15) is 13.4 Å². The minimum Gasteiger partial charge on any atom is -0.398 e. The average molecular weight is 286 g/mol. The van der Waals surface area contributed by atoms with Crippen LogP contribution in [0.3, 0.4) is 0 Å². The Morgan fingerprint density at radius 2 is 2.00 bits per heavy atom. The predicted octanol–water partition coefficient (Wildman–Crippen LogP) is 1.82. The fourth-order valence-electron chi connectivity index (χ4n) is 1.46. The number of carbonyl (C=O) groups is 1. The van der Waals surface area contributed by atoms with E-state index >= 15 is 0 Å². The van der Waals surface area contributed by atoms with Gasteiger partial charge < -0.3 is 11.1 Å². The van der Waals surface area contributed by atoms with Crippen molar-refractivity contribution < 1.29 is 13.4 Å². The van der Waals surface area contributed by atoms with Gasteiger partial charge in [-0.3, -0.25) is 9.00 Å². The third kappa shape index (κ3) is 4.31. The van der Waals surface area contributed by atoms with Gasteiger partial charge >= 0.3 is 0 Å². The summed E-state index contributed by atoms with van der Waals surface area (Å²) in [6.45, 7) is 7.08. The van der Waals surface area contributed by atoms with Crippen LogP contribution in [-0.4, -0.2) is 20.9 Å². The van der Waals surface area contributed by atoms with Crippen LogP contribution in [0.2, 0.25) is 0 Å². The van der Waals surface area contributed by atoms with E-state index in [2.05, 4.69) is 5.32 Å². The number of halogens is 1. The Bertz CT molecular complexity index is 512.